The highest BCUT2D eigenvalue weighted by Crippen LogP contribution is 2.39. The molecule has 0 spiro atoms. The maximum absolute atomic E-state index is 5.14. The largest absolute Gasteiger partial charge is 0.309 e. The van der Waals surface area contributed by atoms with Crippen molar-refractivity contribution in [3.05, 3.63) is 224 Å². The van der Waals surface area contributed by atoms with Crippen molar-refractivity contribution in [1.82, 2.24) is 24.1 Å². The number of para-hydroxylation sites is 3. The van der Waals surface area contributed by atoms with Gasteiger partial charge in [-0.2, -0.15) is 0 Å². The molecule has 0 saturated heterocycles. The Morgan fingerprint density at radius 2 is 0.629 bits per heavy atom. The van der Waals surface area contributed by atoms with Gasteiger partial charge in [0.05, 0.1) is 22.1 Å². The molecule has 0 unspecified atom stereocenters. The summed E-state index contributed by atoms with van der Waals surface area (Å²) in [6.45, 7) is 0. The molecule has 0 atom stereocenters. The van der Waals surface area contributed by atoms with Crippen molar-refractivity contribution < 1.29 is 0 Å². The van der Waals surface area contributed by atoms with E-state index in [4.69, 9.17) is 15.0 Å². The molecule has 9 aromatic carbocycles. The van der Waals surface area contributed by atoms with Gasteiger partial charge in [0, 0.05) is 49.6 Å². The smallest absolute Gasteiger partial charge is 0.164 e. The van der Waals surface area contributed by atoms with E-state index in [1.807, 2.05) is 36.4 Å². The minimum atomic E-state index is 0.623. The Morgan fingerprint density at radius 3 is 1.24 bits per heavy atom. The Kier molecular flexibility index (Phi) is 8.42. The molecule has 5 heteroatoms. The Labute approximate surface area is 358 Å². The third-order valence-corrected chi connectivity index (χ3v) is 12.0. The Bertz CT molecular complexity index is 3620. The van der Waals surface area contributed by atoms with Gasteiger partial charge in [-0.15, -0.1) is 0 Å². The lowest BCUT2D eigenvalue weighted by atomic mass is 10.0. The van der Waals surface area contributed by atoms with Gasteiger partial charge < -0.3 is 9.13 Å². The van der Waals surface area contributed by atoms with Crippen molar-refractivity contribution in [1.29, 1.82) is 0 Å². The molecule has 0 bridgehead atoms. The Hall–Kier alpha value is -8.41. The van der Waals surface area contributed by atoms with Crippen LogP contribution in [0.3, 0.4) is 0 Å². The molecule has 62 heavy (non-hydrogen) atoms. The van der Waals surface area contributed by atoms with Gasteiger partial charge in [-0.1, -0.05) is 170 Å². The minimum absolute atomic E-state index is 0.623. The summed E-state index contributed by atoms with van der Waals surface area (Å²) in [4.78, 5) is 15.3. The fraction of sp³-hybridized carbons (Fsp3) is 0. The van der Waals surface area contributed by atoms with E-state index >= 15 is 0 Å². The SMILES string of the molecule is c1ccc(-c2cccc(-c3nc(-c4ccccc4)nc(-c4cccc(-c5ccc6c7ccccc7n(-c7ccc8c9ccccc9n(-c9ccccc9)c8c7)c6c5)c4)n3)c2)cc1. The van der Waals surface area contributed by atoms with Crippen LogP contribution in [0.1, 0.15) is 0 Å². The number of fused-ring (bicyclic) bond motifs is 6. The second kappa shape index (κ2) is 14.7. The van der Waals surface area contributed by atoms with Crippen LogP contribution in [-0.4, -0.2) is 24.1 Å². The topological polar surface area (TPSA) is 48.5 Å². The molecule has 0 amide bonds. The van der Waals surface area contributed by atoms with Gasteiger partial charge in [0.2, 0.25) is 0 Å². The Morgan fingerprint density at radius 1 is 0.226 bits per heavy atom. The van der Waals surface area contributed by atoms with Crippen molar-refractivity contribution >= 4 is 43.6 Å². The molecule has 0 saturated carbocycles. The average Bonchev–Trinajstić information content (AvgIpc) is 3.87. The number of hydrogen-bond acceptors (Lipinski definition) is 3. The van der Waals surface area contributed by atoms with Crippen molar-refractivity contribution in [3.63, 3.8) is 0 Å². The molecule has 0 N–H and O–H groups in total. The third kappa shape index (κ3) is 6.06. The van der Waals surface area contributed by atoms with Gasteiger partial charge >= 0.3 is 0 Å². The van der Waals surface area contributed by atoms with Crippen LogP contribution in [0.25, 0.3) is 111 Å². The first-order chi connectivity index (χ1) is 30.7. The number of hydrogen-bond donors (Lipinski definition) is 0. The molecule has 290 valence electrons. The molecular formula is C57H37N5. The quantitative estimate of drug-likeness (QED) is 0.162. The van der Waals surface area contributed by atoms with Gasteiger partial charge in [-0.25, -0.2) is 15.0 Å². The van der Waals surface area contributed by atoms with E-state index in [0.29, 0.717) is 17.5 Å². The number of rotatable bonds is 7. The molecule has 3 heterocycles. The van der Waals surface area contributed by atoms with Gasteiger partial charge in [0.25, 0.3) is 0 Å². The number of nitrogens with zero attached hydrogens (tertiary/aromatic N) is 5. The number of benzene rings is 9. The summed E-state index contributed by atoms with van der Waals surface area (Å²) in [5.41, 5.74) is 14.1. The molecule has 0 aliphatic heterocycles. The third-order valence-electron chi connectivity index (χ3n) is 12.0. The van der Waals surface area contributed by atoms with Crippen LogP contribution in [0.5, 0.6) is 0 Å². The lowest BCUT2D eigenvalue weighted by Gasteiger charge is -2.12. The molecule has 3 aromatic heterocycles. The van der Waals surface area contributed by atoms with Crippen LogP contribution in [0.4, 0.5) is 0 Å². The van der Waals surface area contributed by atoms with E-state index in [1.54, 1.807) is 0 Å². The summed E-state index contributed by atoms with van der Waals surface area (Å²) in [5, 5.41) is 4.89. The highest BCUT2D eigenvalue weighted by atomic mass is 15.0. The summed E-state index contributed by atoms with van der Waals surface area (Å²) in [5.74, 6) is 1.89. The zero-order valence-corrected chi connectivity index (χ0v) is 33.6. The van der Waals surface area contributed by atoms with E-state index in [2.05, 4.69) is 197 Å². The van der Waals surface area contributed by atoms with Crippen molar-refractivity contribution in [2.24, 2.45) is 0 Å². The molecule has 0 aliphatic rings. The summed E-state index contributed by atoms with van der Waals surface area (Å²) in [6, 6.07) is 79.3. The van der Waals surface area contributed by atoms with E-state index in [0.717, 1.165) is 61.4 Å². The number of aromatic nitrogens is 5. The summed E-state index contributed by atoms with van der Waals surface area (Å²) in [7, 11) is 0. The van der Waals surface area contributed by atoms with Gasteiger partial charge in [-0.3, -0.25) is 0 Å². The fourth-order valence-corrected chi connectivity index (χ4v) is 9.04. The first-order valence-corrected chi connectivity index (χ1v) is 20.9. The van der Waals surface area contributed by atoms with E-state index < -0.39 is 0 Å². The molecule has 0 fully saturated rings. The molecule has 0 radical (unpaired) electrons. The highest BCUT2D eigenvalue weighted by molar-refractivity contribution is 6.12. The van der Waals surface area contributed by atoms with Crippen LogP contribution in [0.2, 0.25) is 0 Å². The fourth-order valence-electron chi connectivity index (χ4n) is 9.04. The molecule has 0 aliphatic carbocycles. The Balaban J connectivity index is 1.00. The summed E-state index contributed by atoms with van der Waals surface area (Å²) >= 11 is 0. The average molecular weight is 792 g/mol. The summed E-state index contributed by atoms with van der Waals surface area (Å²) in [6.07, 6.45) is 0. The van der Waals surface area contributed by atoms with Crippen molar-refractivity contribution in [2.45, 2.75) is 0 Å². The van der Waals surface area contributed by atoms with Crippen molar-refractivity contribution in [2.75, 3.05) is 0 Å². The van der Waals surface area contributed by atoms with Crippen molar-refractivity contribution in [3.8, 4) is 67.8 Å². The van der Waals surface area contributed by atoms with E-state index in [9.17, 15) is 0 Å². The maximum atomic E-state index is 5.14. The van der Waals surface area contributed by atoms with Crippen LogP contribution >= 0.6 is 0 Å². The van der Waals surface area contributed by atoms with Crippen LogP contribution < -0.4 is 0 Å². The highest BCUT2D eigenvalue weighted by Gasteiger charge is 2.18. The second-order valence-electron chi connectivity index (χ2n) is 15.7. The zero-order chi connectivity index (χ0) is 41.0. The van der Waals surface area contributed by atoms with Crippen LogP contribution in [-0.2, 0) is 0 Å². The lowest BCUT2D eigenvalue weighted by molar-refractivity contribution is 1.07. The van der Waals surface area contributed by atoms with Gasteiger partial charge in [0.1, 0.15) is 0 Å². The molecule has 5 nitrogen and oxygen atoms in total. The second-order valence-corrected chi connectivity index (χ2v) is 15.7. The first kappa shape index (κ1) is 35.5. The van der Waals surface area contributed by atoms with Crippen LogP contribution in [0.15, 0.2) is 224 Å². The normalized spacial score (nSPS) is 11.5. The molecular weight excluding hydrogens is 755 g/mol. The first-order valence-electron chi connectivity index (χ1n) is 20.9. The predicted molar refractivity (Wildman–Crippen MR) is 256 cm³/mol. The van der Waals surface area contributed by atoms with Crippen LogP contribution in [0, 0.1) is 0 Å². The lowest BCUT2D eigenvalue weighted by Crippen LogP contribution is -2.00. The predicted octanol–water partition coefficient (Wildman–Crippen LogP) is 14.4. The van der Waals surface area contributed by atoms with E-state index in [1.165, 1.54) is 32.6 Å². The monoisotopic (exact) mass is 791 g/mol. The van der Waals surface area contributed by atoms with Gasteiger partial charge in [-0.05, 0) is 76.9 Å². The maximum Gasteiger partial charge on any atom is 0.164 e. The molecule has 12 aromatic rings. The molecule has 12 rings (SSSR count). The minimum Gasteiger partial charge on any atom is -0.309 e. The van der Waals surface area contributed by atoms with Gasteiger partial charge in [0.15, 0.2) is 17.5 Å². The standard InChI is InChI=1S/C57H37N5/c1-4-16-38(17-5-1)40-20-14-22-43(34-40)56-58-55(39-18-6-2-7-19-39)59-57(60-56)44-23-15-21-41(35-44)42-30-32-49-47-26-11-13-29-52(47)62(53(49)36-42)46-31-33-50-48-27-10-12-28-51(48)61(54(50)37-46)45-24-8-3-9-25-45/h1-37H. The zero-order valence-electron chi connectivity index (χ0n) is 33.6. The summed E-state index contributed by atoms with van der Waals surface area (Å²) < 4.78 is 4.80. The van der Waals surface area contributed by atoms with E-state index in [-0.39, 0.29) is 0 Å².